The minimum absolute atomic E-state index is 0.0864. The Morgan fingerprint density at radius 2 is 0.623 bits per heavy atom. The first-order chi connectivity index (χ1) is 67.2. The fraction of sp³-hybridized carbons (Fsp3) is 0.0196. The number of nitrogens with zero attached hydrogens (tertiary/aromatic N) is 23. The Morgan fingerprint density at radius 3 is 1.04 bits per heavy atom. The number of aromatic nitrogens is 23. The van der Waals surface area contributed by atoms with Gasteiger partial charge in [-0.05, 0) is 207 Å². The molecule has 0 amide bonds. The molecular weight excluding hydrogens is 1870 g/mol. The van der Waals surface area contributed by atoms with Crippen molar-refractivity contribution in [3.8, 4) is 141 Å². The van der Waals surface area contributed by atoms with Crippen LogP contribution in [0.2, 0.25) is 25.1 Å². The molecule has 0 radical (unpaired) electrons. The predicted molar refractivity (Wildman–Crippen MR) is 520 cm³/mol. The van der Waals surface area contributed by atoms with Crippen molar-refractivity contribution in [2.75, 3.05) is 5.73 Å². The van der Waals surface area contributed by atoms with Crippen LogP contribution in [-0.2, 0) is 0 Å². The lowest BCUT2D eigenvalue weighted by Crippen LogP contribution is -2.02. The molecule has 0 fully saturated rings. The van der Waals surface area contributed by atoms with Crippen molar-refractivity contribution in [2.24, 2.45) is 0 Å². The number of nitrogens with two attached hydrogens (primary N) is 1. The Bertz CT molecular complexity index is 8210. The number of benzene rings is 6. The van der Waals surface area contributed by atoms with Gasteiger partial charge in [-0.25, -0.2) is 75.0 Å². The first kappa shape index (κ1) is 91.5. The standard InChI is InChI=1S/C18H12F2N4O.C17H10Cl2N4.C17H9ClF2N4.C17H10ClFN4.C17H11ClN4.C16H13FN4/c19-18(20)25-13-4-1-3-12(11-13)17-14(5-2-8-21-17)15-7-10-24-16(23-15)6-9-22-24;18-11-3-4-14(19)13(10-11)17-12(2-1-7-20-17)15-6-9-23-16(22-15)5-8-21-23;18-12-8-11(13(19)9-14(12)20)17-10(2-1-5-21-17)15-4-7-24-16(23-15)3-6-22-24;18-11-3-4-14(19)13(10-11)17-12(2-1-7-20-17)15-6-9-23-16(22-15)5-8-21-23;18-13-4-1-3-12(11-13)17-14(5-2-8-19-17)15-7-10-22-16(21-15)6-9-20-22;1-10-9-11(4-5-13(10)17)15-12(3-2-7-19-15)14-6-8-20-16(18)21-14/h1-11,18H;1-10H;1-9H;1-10H;1-11H;2-9H,1H3,(H2,18,20,21). The second-order valence-electron chi connectivity index (χ2n) is 29.8. The van der Waals surface area contributed by atoms with Gasteiger partial charge in [0.15, 0.2) is 28.2 Å². The molecule has 0 aliphatic rings. The van der Waals surface area contributed by atoms with Gasteiger partial charge in [0.05, 0.1) is 109 Å². The van der Waals surface area contributed by atoms with E-state index in [1.807, 2.05) is 140 Å². The molecule has 17 aromatic heterocycles. The monoisotopic (exact) mass is 1930 g/mol. The van der Waals surface area contributed by atoms with E-state index in [1.165, 1.54) is 42.6 Å². The van der Waals surface area contributed by atoms with Gasteiger partial charge in [0, 0.05) is 193 Å². The van der Waals surface area contributed by atoms with Gasteiger partial charge in [0.1, 0.15) is 29.0 Å². The molecule has 0 saturated heterocycles. The molecule has 0 saturated carbocycles. The van der Waals surface area contributed by atoms with Gasteiger partial charge in [-0.3, -0.25) is 29.9 Å². The summed E-state index contributed by atoms with van der Waals surface area (Å²) in [5.74, 6) is -1.86. The van der Waals surface area contributed by atoms with E-state index in [9.17, 15) is 26.3 Å². The SMILES string of the molecule is Cc1cc(-c2ncccc2-c2ccnc(N)n2)ccc1F.Clc1ccc(Cl)c(-c2ncccc2-c2ccn3nccc3n2)c1.Clc1cccc(-c2ncccc2-c2ccn3nccc3n2)c1.FC(F)Oc1cccc(-c2ncccc2-c2ccn3nccc3n2)c1.Fc1cc(F)c(-c2ncccc2-c2ccn3nccc3n2)cc1Cl.Fc1ccc(Cl)cc1-c1ncccc1-c1ccn2nccc2n1. The molecule has 0 bridgehead atoms. The molecule has 676 valence electrons. The van der Waals surface area contributed by atoms with Crippen LogP contribution in [-0.4, -0.2) is 119 Å². The molecule has 0 aliphatic carbocycles. The maximum atomic E-state index is 14.2. The van der Waals surface area contributed by atoms with Gasteiger partial charge < -0.3 is 10.5 Å². The summed E-state index contributed by atoms with van der Waals surface area (Å²) in [5.41, 5.74) is 26.6. The van der Waals surface area contributed by atoms with Crippen LogP contribution in [0.15, 0.2) is 360 Å². The third-order valence-electron chi connectivity index (χ3n) is 21.0. The maximum absolute atomic E-state index is 14.2. The zero-order valence-corrected chi connectivity index (χ0v) is 75.3. The second kappa shape index (κ2) is 41.7. The summed E-state index contributed by atoms with van der Waals surface area (Å²) < 4.78 is 93.1. The largest absolute Gasteiger partial charge is 0.435 e. The van der Waals surface area contributed by atoms with E-state index in [4.69, 9.17) is 63.7 Å². The highest BCUT2D eigenvalue weighted by atomic mass is 35.5. The smallest absolute Gasteiger partial charge is 0.387 e. The number of hydrogen-bond acceptors (Lipinski definition) is 20. The molecule has 23 aromatic rings. The number of aryl methyl sites for hydroxylation is 1. The van der Waals surface area contributed by atoms with E-state index in [-0.39, 0.29) is 33.9 Å². The number of rotatable bonds is 14. The normalized spacial score (nSPS) is 11.0. The third-order valence-corrected chi connectivity index (χ3v) is 22.3. The molecule has 17 heterocycles. The number of halogens is 11. The summed E-state index contributed by atoms with van der Waals surface area (Å²) >= 11 is 30.4. The summed E-state index contributed by atoms with van der Waals surface area (Å²) in [6.07, 6.45) is 29.2. The van der Waals surface area contributed by atoms with E-state index >= 15 is 0 Å². The molecule has 25 nitrogen and oxygen atoms in total. The fourth-order valence-electron chi connectivity index (χ4n) is 14.7. The van der Waals surface area contributed by atoms with Crippen molar-refractivity contribution in [1.29, 1.82) is 0 Å². The molecule has 138 heavy (non-hydrogen) atoms. The number of nitrogen functional groups attached to an aromatic ring is 1. The summed E-state index contributed by atoms with van der Waals surface area (Å²) in [6, 6.07) is 73.3. The molecule has 0 unspecified atom stereocenters. The first-order valence-corrected chi connectivity index (χ1v) is 43.6. The van der Waals surface area contributed by atoms with Crippen LogP contribution < -0.4 is 10.5 Å². The van der Waals surface area contributed by atoms with E-state index in [2.05, 4.69) is 95.0 Å². The fourth-order valence-corrected chi connectivity index (χ4v) is 15.6. The highest BCUT2D eigenvalue weighted by Crippen LogP contribution is 2.41. The number of pyridine rings is 6. The lowest BCUT2D eigenvalue weighted by Gasteiger charge is -2.10. The number of fused-ring (bicyclic) bond motifs is 5. The van der Waals surface area contributed by atoms with Crippen LogP contribution in [0.4, 0.5) is 32.3 Å². The average molecular weight is 1930 g/mol. The van der Waals surface area contributed by atoms with Crippen LogP contribution in [0.1, 0.15) is 5.56 Å². The maximum Gasteiger partial charge on any atom is 0.387 e. The van der Waals surface area contributed by atoms with Gasteiger partial charge in [-0.2, -0.15) is 34.3 Å². The number of hydrogen-bond donors (Lipinski definition) is 1. The highest BCUT2D eigenvalue weighted by molar-refractivity contribution is 6.35. The molecule has 23 rings (SSSR count). The summed E-state index contributed by atoms with van der Waals surface area (Å²) in [4.78, 5) is 57.4. The quantitative estimate of drug-likeness (QED) is 0.0781. The highest BCUT2D eigenvalue weighted by Gasteiger charge is 2.22. The molecule has 6 aromatic carbocycles. The Morgan fingerprint density at radius 1 is 0.268 bits per heavy atom. The van der Waals surface area contributed by atoms with Crippen molar-refractivity contribution in [2.45, 2.75) is 13.5 Å². The topological polar surface area (TPSA) is 289 Å². The zero-order valence-electron chi connectivity index (χ0n) is 71.6. The Kier molecular flexibility index (Phi) is 27.6. The minimum Gasteiger partial charge on any atom is -0.435 e. The van der Waals surface area contributed by atoms with E-state index in [0.717, 1.165) is 96.0 Å². The lowest BCUT2D eigenvalue weighted by molar-refractivity contribution is -0.0498. The molecular formula is C102H65Cl5F6N24O. The van der Waals surface area contributed by atoms with Gasteiger partial charge in [-0.15, -0.1) is 0 Å². The van der Waals surface area contributed by atoms with Crippen LogP contribution >= 0.6 is 58.0 Å². The third kappa shape index (κ3) is 21.0. The lowest BCUT2D eigenvalue weighted by atomic mass is 10.0. The first-order valence-electron chi connectivity index (χ1n) is 41.7. The van der Waals surface area contributed by atoms with Crippen LogP contribution in [0.3, 0.4) is 0 Å². The Labute approximate surface area is 805 Å². The van der Waals surface area contributed by atoms with Gasteiger partial charge >= 0.3 is 6.61 Å². The summed E-state index contributed by atoms with van der Waals surface area (Å²) in [7, 11) is 0. The van der Waals surface area contributed by atoms with Crippen molar-refractivity contribution in [3.63, 3.8) is 0 Å². The van der Waals surface area contributed by atoms with E-state index < -0.39 is 18.2 Å². The van der Waals surface area contributed by atoms with Crippen LogP contribution in [0.5, 0.6) is 5.75 Å². The summed E-state index contributed by atoms with van der Waals surface area (Å²) in [5, 5.41) is 22.8. The van der Waals surface area contributed by atoms with E-state index in [0.29, 0.717) is 93.4 Å². The predicted octanol–water partition coefficient (Wildman–Crippen LogP) is 24.8. The van der Waals surface area contributed by atoms with Gasteiger partial charge in [0.2, 0.25) is 5.95 Å². The molecule has 36 heteroatoms. The van der Waals surface area contributed by atoms with Crippen molar-refractivity contribution >= 4 is 92.2 Å². The Hall–Kier alpha value is -17.0. The molecule has 0 atom stereocenters. The molecule has 0 spiro atoms. The van der Waals surface area contributed by atoms with Crippen molar-refractivity contribution in [3.05, 3.63) is 414 Å². The molecule has 0 aliphatic heterocycles. The van der Waals surface area contributed by atoms with E-state index in [1.54, 1.807) is 201 Å². The van der Waals surface area contributed by atoms with Gasteiger partial charge in [-0.1, -0.05) is 82.3 Å². The Balaban J connectivity index is 0.000000110. The van der Waals surface area contributed by atoms with Crippen molar-refractivity contribution in [1.82, 2.24) is 113 Å². The second-order valence-corrected chi connectivity index (χ2v) is 31.9. The average Bonchev–Trinajstić information content (AvgIpc) is 1.13. The number of anilines is 1. The van der Waals surface area contributed by atoms with Crippen LogP contribution in [0.25, 0.3) is 163 Å². The number of alkyl halides is 2. The summed E-state index contributed by atoms with van der Waals surface area (Å²) in [6.45, 7) is -1.14. The van der Waals surface area contributed by atoms with Crippen molar-refractivity contribution < 1.29 is 31.1 Å². The number of ether oxygens (including phenoxy) is 1. The van der Waals surface area contributed by atoms with Crippen LogP contribution in [0, 0.1) is 30.2 Å². The molecule has 2 N–H and O–H groups in total. The van der Waals surface area contributed by atoms with Gasteiger partial charge in [0.25, 0.3) is 0 Å². The minimum atomic E-state index is -2.87. The zero-order chi connectivity index (χ0) is 95.3.